The predicted octanol–water partition coefficient (Wildman–Crippen LogP) is 0.781. The van der Waals surface area contributed by atoms with Crippen molar-refractivity contribution in [3.63, 3.8) is 0 Å². The van der Waals surface area contributed by atoms with E-state index in [1.165, 1.54) is 9.91 Å². The maximum atomic E-state index is 12.6. The van der Waals surface area contributed by atoms with Gasteiger partial charge >= 0.3 is 11.9 Å². The number of hydrazone groups is 1. The van der Waals surface area contributed by atoms with Crippen molar-refractivity contribution >= 4 is 29.2 Å². The molecule has 126 valence electrons. The molecule has 1 aromatic rings. The number of para-hydroxylation sites is 1. The Labute approximate surface area is 138 Å². The molecule has 2 aliphatic rings. The fourth-order valence-corrected chi connectivity index (χ4v) is 3.08. The molecule has 3 rings (SSSR count). The molecule has 2 heterocycles. The van der Waals surface area contributed by atoms with E-state index in [1.54, 1.807) is 30.3 Å². The Morgan fingerprint density at radius 1 is 1.04 bits per heavy atom. The third kappa shape index (κ3) is 2.82. The second-order valence-corrected chi connectivity index (χ2v) is 5.78. The highest BCUT2D eigenvalue weighted by Gasteiger charge is 2.41. The Morgan fingerprint density at radius 3 is 2.33 bits per heavy atom. The first-order valence-electron chi connectivity index (χ1n) is 7.67. The molecule has 8 nitrogen and oxygen atoms in total. The van der Waals surface area contributed by atoms with Crippen LogP contribution in [0.15, 0.2) is 35.4 Å². The van der Waals surface area contributed by atoms with Gasteiger partial charge < -0.3 is 15.1 Å². The maximum absolute atomic E-state index is 12.6. The first-order valence-corrected chi connectivity index (χ1v) is 7.67. The normalized spacial score (nSPS) is 23.2. The molecule has 0 bridgehead atoms. The van der Waals surface area contributed by atoms with Crippen molar-refractivity contribution in [1.29, 1.82) is 0 Å². The van der Waals surface area contributed by atoms with Crippen LogP contribution in [-0.4, -0.2) is 57.3 Å². The lowest BCUT2D eigenvalue weighted by atomic mass is 10.1. The lowest BCUT2D eigenvalue weighted by Crippen LogP contribution is -2.44. The van der Waals surface area contributed by atoms with Gasteiger partial charge in [0.1, 0.15) is 11.8 Å². The van der Waals surface area contributed by atoms with Crippen LogP contribution in [0.3, 0.4) is 0 Å². The molecule has 8 heteroatoms. The van der Waals surface area contributed by atoms with Crippen molar-refractivity contribution in [2.45, 2.75) is 31.3 Å². The van der Waals surface area contributed by atoms with Gasteiger partial charge in [0.25, 0.3) is 5.91 Å². The molecule has 1 amide bonds. The average molecular weight is 331 g/mol. The molecule has 0 saturated carbocycles. The second kappa shape index (κ2) is 6.31. The Kier molecular flexibility index (Phi) is 4.20. The van der Waals surface area contributed by atoms with Crippen LogP contribution in [0.2, 0.25) is 0 Å². The van der Waals surface area contributed by atoms with E-state index < -0.39 is 29.9 Å². The number of rotatable bonds is 4. The highest BCUT2D eigenvalue weighted by Crippen LogP contribution is 2.27. The number of likely N-dealkylation sites (tertiary alicyclic amines) is 1. The van der Waals surface area contributed by atoms with Crippen LogP contribution in [0.4, 0.5) is 5.69 Å². The van der Waals surface area contributed by atoms with Crippen LogP contribution in [0.25, 0.3) is 0 Å². The summed E-state index contributed by atoms with van der Waals surface area (Å²) in [7, 11) is 0. The lowest BCUT2D eigenvalue weighted by Gasteiger charge is -2.20. The molecule has 0 spiro atoms. The minimum Gasteiger partial charge on any atom is -0.480 e. The van der Waals surface area contributed by atoms with Gasteiger partial charge in [-0.15, -0.1) is 0 Å². The van der Waals surface area contributed by atoms with Gasteiger partial charge in [-0.2, -0.15) is 5.10 Å². The summed E-state index contributed by atoms with van der Waals surface area (Å²) in [5.74, 6) is -2.62. The topological polar surface area (TPSA) is 111 Å². The minimum atomic E-state index is -1.08. The fraction of sp³-hybridized carbons (Fsp3) is 0.375. The Morgan fingerprint density at radius 2 is 1.71 bits per heavy atom. The molecule has 0 aromatic heterocycles. The zero-order valence-corrected chi connectivity index (χ0v) is 12.8. The second-order valence-electron chi connectivity index (χ2n) is 5.78. The first kappa shape index (κ1) is 16.0. The summed E-state index contributed by atoms with van der Waals surface area (Å²) in [6.45, 7) is 0.345. The Hall–Kier alpha value is -2.90. The van der Waals surface area contributed by atoms with Crippen molar-refractivity contribution in [3.05, 3.63) is 30.3 Å². The van der Waals surface area contributed by atoms with Gasteiger partial charge in [0.15, 0.2) is 6.04 Å². The number of benzene rings is 1. The number of aliphatic carboxylic acids is 2. The van der Waals surface area contributed by atoms with Crippen molar-refractivity contribution in [2.75, 3.05) is 11.6 Å². The van der Waals surface area contributed by atoms with Gasteiger partial charge in [-0.05, 0) is 25.0 Å². The number of hydrogen-bond donors (Lipinski definition) is 2. The fourth-order valence-electron chi connectivity index (χ4n) is 3.08. The largest absolute Gasteiger partial charge is 0.480 e. The molecule has 1 fully saturated rings. The standard InChI is InChI=1S/C16H17N3O5/c20-14(18-8-4-7-12(18)15(21)22)11-9-13(16(23)24)19(17-11)10-5-2-1-3-6-10/h1-3,5-6,12-13H,4,7-9H2,(H,21,22)(H,23,24)/t12-,13?/m1/s1. The van der Waals surface area contributed by atoms with Crippen LogP contribution in [0.1, 0.15) is 19.3 Å². The smallest absolute Gasteiger partial charge is 0.328 e. The van der Waals surface area contributed by atoms with Crippen molar-refractivity contribution < 1.29 is 24.6 Å². The molecule has 24 heavy (non-hydrogen) atoms. The summed E-state index contributed by atoms with van der Waals surface area (Å²) < 4.78 is 0. The van der Waals surface area contributed by atoms with Crippen LogP contribution in [-0.2, 0) is 14.4 Å². The average Bonchev–Trinajstić information content (AvgIpc) is 3.22. The Bertz CT molecular complexity index is 703. The molecule has 2 N–H and O–H groups in total. The minimum absolute atomic E-state index is 0.0497. The summed E-state index contributed by atoms with van der Waals surface area (Å²) in [6, 6.07) is 6.89. The molecule has 1 aromatic carbocycles. The maximum Gasteiger partial charge on any atom is 0.328 e. The van der Waals surface area contributed by atoms with Crippen LogP contribution < -0.4 is 5.01 Å². The van der Waals surface area contributed by atoms with Crippen molar-refractivity contribution in [1.82, 2.24) is 4.90 Å². The number of anilines is 1. The third-order valence-electron chi connectivity index (χ3n) is 4.26. The number of amides is 1. The van der Waals surface area contributed by atoms with Crippen LogP contribution in [0, 0.1) is 0 Å². The molecule has 0 radical (unpaired) electrons. The number of hydrogen-bond acceptors (Lipinski definition) is 5. The molecule has 1 saturated heterocycles. The highest BCUT2D eigenvalue weighted by molar-refractivity contribution is 6.40. The number of carboxylic acids is 2. The summed E-state index contributed by atoms with van der Waals surface area (Å²) in [6.07, 6.45) is 0.964. The summed E-state index contributed by atoms with van der Waals surface area (Å²) in [5.41, 5.74) is 0.656. The SMILES string of the molecule is O=C(O)C1CC(C(=O)N2CCC[C@@H]2C(=O)O)=NN1c1ccccc1. The van der Waals surface area contributed by atoms with Gasteiger partial charge in [-0.25, -0.2) is 9.59 Å². The van der Waals surface area contributed by atoms with E-state index in [4.69, 9.17) is 0 Å². The summed E-state index contributed by atoms with van der Waals surface area (Å²) in [4.78, 5) is 36.7. The number of carboxylic acid groups (broad SMARTS) is 2. The van der Waals surface area contributed by atoms with Gasteiger partial charge in [0, 0.05) is 13.0 Å². The van der Waals surface area contributed by atoms with Crippen LogP contribution >= 0.6 is 0 Å². The van der Waals surface area contributed by atoms with Crippen molar-refractivity contribution in [2.24, 2.45) is 5.10 Å². The molecule has 2 atom stereocenters. The summed E-state index contributed by atoms with van der Waals surface area (Å²) in [5, 5.41) is 24.1. The van der Waals surface area contributed by atoms with Gasteiger partial charge in [-0.1, -0.05) is 18.2 Å². The summed E-state index contributed by atoms with van der Waals surface area (Å²) >= 11 is 0. The number of carbonyl (C=O) groups is 3. The van der Waals surface area contributed by atoms with E-state index in [0.717, 1.165) is 0 Å². The molecule has 1 unspecified atom stereocenters. The van der Waals surface area contributed by atoms with E-state index in [9.17, 15) is 24.6 Å². The molecule has 0 aliphatic carbocycles. The van der Waals surface area contributed by atoms with E-state index in [1.807, 2.05) is 0 Å². The zero-order chi connectivity index (χ0) is 17.3. The number of carbonyl (C=O) groups excluding carboxylic acids is 1. The Balaban J connectivity index is 1.87. The predicted molar refractivity (Wildman–Crippen MR) is 84.8 cm³/mol. The van der Waals surface area contributed by atoms with Gasteiger partial charge in [0.2, 0.25) is 0 Å². The molecule has 2 aliphatic heterocycles. The quantitative estimate of drug-likeness (QED) is 0.843. The lowest BCUT2D eigenvalue weighted by molar-refractivity contribution is -0.146. The highest BCUT2D eigenvalue weighted by atomic mass is 16.4. The van der Waals surface area contributed by atoms with E-state index in [-0.39, 0.29) is 12.1 Å². The van der Waals surface area contributed by atoms with Gasteiger partial charge in [0.05, 0.1) is 5.69 Å². The third-order valence-corrected chi connectivity index (χ3v) is 4.26. The van der Waals surface area contributed by atoms with E-state index >= 15 is 0 Å². The van der Waals surface area contributed by atoms with E-state index in [2.05, 4.69) is 5.10 Å². The van der Waals surface area contributed by atoms with Gasteiger partial charge in [-0.3, -0.25) is 9.80 Å². The van der Waals surface area contributed by atoms with E-state index in [0.29, 0.717) is 25.1 Å². The number of nitrogens with zero attached hydrogens (tertiary/aromatic N) is 3. The zero-order valence-electron chi connectivity index (χ0n) is 12.8. The molecular formula is C16H17N3O5. The molecular weight excluding hydrogens is 314 g/mol. The first-order chi connectivity index (χ1) is 11.5. The van der Waals surface area contributed by atoms with Crippen LogP contribution in [0.5, 0.6) is 0 Å². The monoisotopic (exact) mass is 331 g/mol. The van der Waals surface area contributed by atoms with Crippen molar-refractivity contribution in [3.8, 4) is 0 Å².